The number of nitrogens with one attached hydrogen (secondary N) is 1. The summed E-state index contributed by atoms with van der Waals surface area (Å²) in [5.41, 5.74) is 2.08. The molecule has 0 saturated heterocycles. The van der Waals surface area contributed by atoms with Crippen LogP contribution in [0.2, 0.25) is 0 Å². The van der Waals surface area contributed by atoms with Crippen molar-refractivity contribution >= 4 is 16.5 Å². The summed E-state index contributed by atoms with van der Waals surface area (Å²) in [6.45, 7) is 7.08. The minimum atomic E-state index is 0.917. The highest BCUT2D eigenvalue weighted by molar-refractivity contribution is 7.10. The molecule has 5 nitrogen and oxygen atoms in total. The average Bonchev–Trinajstić information content (AvgIpc) is 2.84. The van der Waals surface area contributed by atoms with Crippen LogP contribution in [0.3, 0.4) is 0 Å². The first-order valence-electron chi connectivity index (χ1n) is 5.73. The zero-order chi connectivity index (χ0) is 12.4. The first kappa shape index (κ1) is 12.0. The topological polar surface area (TPSA) is 55.6 Å². The molecule has 0 saturated carbocycles. The van der Waals surface area contributed by atoms with Crippen LogP contribution < -0.4 is 5.32 Å². The van der Waals surface area contributed by atoms with Gasteiger partial charge in [-0.25, -0.2) is 0 Å². The van der Waals surface area contributed by atoms with Crippen LogP contribution in [-0.2, 0) is 6.54 Å². The summed E-state index contributed by atoms with van der Waals surface area (Å²) in [6, 6.07) is 0. The maximum absolute atomic E-state index is 4.37. The van der Waals surface area contributed by atoms with E-state index in [9.17, 15) is 0 Å². The van der Waals surface area contributed by atoms with Gasteiger partial charge in [0.15, 0.2) is 5.82 Å². The number of hydrogen-bond donors (Lipinski definition) is 1. The van der Waals surface area contributed by atoms with Gasteiger partial charge in [0.05, 0.1) is 11.3 Å². The van der Waals surface area contributed by atoms with E-state index in [0.717, 1.165) is 40.9 Å². The van der Waals surface area contributed by atoms with Gasteiger partial charge in [-0.2, -0.15) is 4.37 Å². The lowest BCUT2D eigenvalue weighted by Crippen LogP contribution is -2.03. The molecule has 0 fully saturated rings. The third-order valence-electron chi connectivity index (χ3n) is 2.70. The Morgan fingerprint density at radius 2 is 2.06 bits per heavy atom. The molecule has 0 atom stereocenters. The summed E-state index contributed by atoms with van der Waals surface area (Å²) in [4.78, 5) is 0. The Hall–Kier alpha value is -1.43. The van der Waals surface area contributed by atoms with Crippen molar-refractivity contribution in [3.8, 4) is 11.4 Å². The Labute approximate surface area is 105 Å². The molecular formula is C11H17N5S. The van der Waals surface area contributed by atoms with Gasteiger partial charge < -0.3 is 9.88 Å². The van der Waals surface area contributed by atoms with E-state index in [4.69, 9.17) is 0 Å². The second-order valence-corrected chi connectivity index (χ2v) is 4.72. The van der Waals surface area contributed by atoms with Crippen LogP contribution in [-0.4, -0.2) is 26.2 Å². The van der Waals surface area contributed by atoms with Crippen molar-refractivity contribution in [1.82, 2.24) is 19.1 Å². The van der Waals surface area contributed by atoms with Crippen LogP contribution in [0.1, 0.15) is 24.9 Å². The molecule has 0 aromatic carbocycles. The van der Waals surface area contributed by atoms with Crippen molar-refractivity contribution in [2.45, 2.75) is 33.7 Å². The highest BCUT2D eigenvalue weighted by Crippen LogP contribution is 2.33. The van der Waals surface area contributed by atoms with E-state index >= 15 is 0 Å². The zero-order valence-corrected chi connectivity index (χ0v) is 11.4. The van der Waals surface area contributed by atoms with Gasteiger partial charge in [0.25, 0.3) is 0 Å². The highest BCUT2D eigenvalue weighted by atomic mass is 32.1. The quantitative estimate of drug-likeness (QED) is 0.907. The molecule has 92 valence electrons. The molecule has 0 radical (unpaired) electrons. The van der Waals surface area contributed by atoms with E-state index in [2.05, 4.69) is 31.4 Å². The minimum Gasteiger partial charge on any atom is -0.378 e. The van der Waals surface area contributed by atoms with Gasteiger partial charge in [0.1, 0.15) is 10.8 Å². The van der Waals surface area contributed by atoms with Gasteiger partial charge >= 0.3 is 0 Å². The van der Waals surface area contributed by atoms with Crippen molar-refractivity contribution in [2.24, 2.45) is 0 Å². The fourth-order valence-electron chi connectivity index (χ4n) is 1.86. The molecule has 2 aromatic heterocycles. The molecule has 2 rings (SSSR count). The number of rotatable bonds is 4. The predicted octanol–water partition coefficient (Wildman–Crippen LogP) is 2.47. The van der Waals surface area contributed by atoms with Crippen molar-refractivity contribution in [2.75, 3.05) is 12.4 Å². The van der Waals surface area contributed by atoms with Crippen molar-refractivity contribution in [3.05, 3.63) is 11.5 Å². The largest absolute Gasteiger partial charge is 0.378 e. The van der Waals surface area contributed by atoms with E-state index in [-0.39, 0.29) is 0 Å². The molecule has 6 heteroatoms. The first-order chi connectivity index (χ1) is 8.19. The predicted molar refractivity (Wildman–Crippen MR) is 70.4 cm³/mol. The van der Waals surface area contributed by atoms with E-state index in [1.54, 1.807) is 0 Å². The number of hydrogen-bond acceptors (Lipinski definition) is 5. The SMILES string of the molecule is CCCn1c(C)nnc1-c1c(C)nsc1NC. The van der Waals surface area contributed by atoms with Crippen LogP contribution in [0.15, 0.2) is 0 Å². The first-order valence-corrected chi connectivity index (χ1v) is 6.50. The molecule has 0 aliphatic carbocycles. The van der Waals surface area contributed by atoms with E-state index in [1.807, 2.05) is 20.9 Å². The normalized spacial score (nSPS) is 10.8. The van der Waals surface area contributed by atoms with Gasteiger partial charge in [0.2, 0.25) is 0 Å². The van der Waals surface area contributed by atoms with Crippen molar-refractivity contribution in [3.63, 3.8) is 0 Å². The number of nitrogens with zero attached hydrogens (tertiary/aromatic N) is 4. The second kappa shape index (κ2) is 4.83. The molecule has 0 bridgehead atoms. The van der Waals surface area contributed by atoms with Gasteiger partial charge in [-0.3, -0.25) is 0 Å². The fraction of sp³-hybridized carbons (Fsp3) is 0.545. The Bertz CT molecular complexity index is 514. The molecule has 2 aromatic rings. The Kier molecular flexibility index (Phi) is 3.42. The molecule has 0 unspecified atom stereocenters. The monoisotopic (exact) mass is 251 g/mol. The molecule has 17 heavy (non-hydrogen) atoms. The molecule has 0 amide bonds. The molecule has 0 aliphatic rings. The smallest absolute Gasteiger partial charge is 0.168 e. The number of aryl methyl sites for hydroxylation is 2. The second-order valence-electron chi connectivity index (χ2n) is 3.94. The summed E-state index contributed by atoms with van der Waals surface area (Å²) in [6.07, 6.45) is 1.07. The lowest BCUT2D eigenvalue weighted by atomic mass is 10.2. The fourth-order valence-corrected chi connectivity index (χ4v) is 2.60. The molecular weight excluding hydrogens is 234 g/mol. The summed E-state index contributed by atoms with van der Waals surface area (Å²) in [5.74, 6) is 1.87. The maximum Gasteiger partial charge on any atom is 0.168 e. The maximum atomic E-state index is 4.37. The third kappa shape index (κ3) is 2.04. The molecule has 0 spiro atoms. The van der Waals surface area contributed by atoms with Crippen LogP contribution in [0.25, 0.3) is 11.4 Å². The lowest BCUT2D eigenvalue weighted by molar-refractivity contribution is 0.663. The van der Waals surface area contributed by atoms with Crippen molar-refractivity contribution < 1.29 is 0 Å². The number of aromatic nitrogens is 4. The third-order valence-corrected chi connectivity index (χ3v) is 3.65. The Balaban J connectivity index is 2.55. The van der Waals surface area contributed by atoms with Crippen LogP contribution in [0.4, 0.5) is 5.00 Å². The van der Waals surface area contributed by atoms with Gasteiger partial charge in [-0.05, 0) is 31.8 Å². The minimum absolute atomic E-state index is 0.917. The number of anilines is 1. The summed E-state index contributed by atoms with van der Waals surface area (Å²) < 4.78 is 6.52. The lowest BCUT2D eigenvalue weighted by Gasteiger charge is -2.07. The highest BCUT2D eigenvalue weighted by Gasteiger charge is 2.18. The van der Waals surface area contributed by atoms with Gasteiger partial charge in [-0.1, -0.05) is 6.92 Å². The van der Waals surface area contributed by atoms with E-state index in [1.165, 1.54) is 11.5 Å². The standard InChI is InChI=1S/C11H17N5S/c1-5-6-16-8(3)13-14-10(16)9-7(2)15-17-11(9)12-4/h12H,5-6H2,1-4H3. The summed E-state index contributed by atoms with van der Waals surface area (Å²) in [7, 11) is 1.91. The Morgan fingerprint density at radius 1 is 1.29 bits per heavy atom. The van der Waals surface area contributed by atoms with Gasteiger partial charge in [-0.15, -0.1) is 10.2 Å². The summed E-state index contributed by atoms with van der Waals surface area (Å²) in [5, 5.41) is 12.7. The van der Waals surface area contributed by atoms with E-state index in [0.29, 0.717) is 0 Å². The molecule has 2 heterocycles. The van der Waals surface area contributed by atoms with Crippen LogP contribution in [0, 0.1) is 13.8 Å². The Morgan fingerprint density at radius 3 is 2.71 bits per heavy atom. The summed E-state index contributed by atoms with van der Waals surface area (Å²) >= 11 is 1.46. The van der Waals surface area contributed by atoms with Crippen molar-refractivity contribution in [1.29, 1.82) is 0 Å². The molecule has 1 N–H and O–H groups in total. The zero-order valence-electron chi connectivity index (χ0n) is 10.6. The van der Waals surface area contributed by atoms with Gasteiger partial charge in [0, 0.05) is 13.6 Å². The van der Waals surface area contributed by atoms with E-state index < -0.39 is 0 Å². The molecule has 0 aliphatic heterocycles. The average molecular weight is 251 g/mol. The van der Waals surface area contributed by atoms with Crippen LogP contribution in [0.5, 0.6) is 0 Å². The van der Waals surface area contributed by atoms with Crippen LogP contribution >= 0.6 is 11.5 Å².